The molecular weight excluding hydrogens is 532 g/mol. The Bertz CT molecular complexity index is 941. The van der Waals surface area contributed by atoms with Gasteiger partial charge >= 0.3 is 0 Å². The summed E-state index contributed by atoms with van der Waals surface area (Å²) in [5.41, 5.74) is 7.58. The van der Waals surface area contributed by atoms with Crippen LogP contribution in [0.1, 0.15) is 81.6 Å². The highest BCUT2D eigenvalue weighted by atomic mass is 16.2. The van der Waals surface area contributed by atoms with E-state index in [4.69, 9.17) is 0 Å². The summed E-state index contributed by atoms with van der Waals surface area (Å²) < 4.78 is 0. The maximum absolute atomic E-state index is 13.1. The smallest absolute Gasteiger partial charge is 0.257 e. The third-order valence-electron chi connectivity index (χ3n) is 6.39. The topological polar surface area (TPSA) is 199 Å². The van der Waals surface area contributed by atoms with E-state index in [2.05, 4.69) is 43.0 Å². The molecule has 0 spiro atoms. The predicted molar refractivity (Wildman–Crippen MR) is 153 cm³/mol. The average Bonchev–Trinajstić information content (AvgIpc) is 2.85. The van der Waals surface area contributed by atoms with Crippen molar-refractivity contribution in [1.29, 1.82) is 0 Å². The van der Waals surface area contributed by atoms with Crippen LogP contribution in [-0.4, -0.2) is 71.7 Å². The standard InChI is InChI=1S/C27H50N8O6/c1-13(2)10-19-25(39)29-17(8)23(37)32-21(12-15(5)6)27(41)34-35-33-18(9)24(38)31-20(11-14(3)4)26(40)28-16(7)22(36)30-19/h13-21,33,35H,10-12H2,1-9H3,(H,28,40)(H,29,39)(H,30,36)(H,31,38)(H,32,37)(H,34,41)/t16-,17-,18-,19?,20?,21?/m0/s1. The van der Waals surface area contributed by atoms with Crippen LogP contribution in [0.15, 0.2) is 0 Å². The first-order chi connectivity index (χ1) is 19.0. The number of nitrogens with one attached hydrogen (secondary N) is 8. The normalized spacial score (nSPS) is 28.4. The quantitative estimate of drug-likeness (QED) is 0.197. The van der Waals surface area contributed by atoms with Crippen molar-refractivity contribution in [2.75, 3.05) is 0 Å². The molecule has 1 heterocycles. The van der Waals surface area contributed by atoms with Gasteiger partial charge in [-0.05, 0) is 57.8 Å². The molecule has 1 fully saturated rings. The molecule has 6 amide bonds. The van der Waals surface area contributed by atoms with E-state index in [0.29, 0.717) is 12.8 Å². The molecule has 6 atom stereocenters. The number of carbonyl (C=O) groups excluding carboxylic acids is 6. The lowest BCUT2D eigenvalue weighted by Crippen LogP contribution is -2.62. The van der Waals surface area contributed by atoms with Gasteiger partial charge < -0.3 is 26.6 Å². The first-order valence-electron chi connectivity index (χ1n) is 14.3. The molecule has 41 heavy (non-hydrogen) atoms. The maximum Gasteiger partial charge on any atom is 0.257 e. The fourth-order valence-corrected chi connectivity index (χ4v) is 4.12. The Hall–Kier alpha value is -3.26. The summed E-state index contributed by atoms with van der Waals surface area (Å²) in [5, 5.41) is 13.3. The van der Waals surface area contributed by atoms with Gasteiger partial charge in [0.05, 0.1) is 6.04 Å². The first-order valence-corrected chi connectivity index (χ1v) is 14.3. The van der Waals surface area contributed by atoms with Crippen LogP contribution in [0.4, 0.5) is 0 Å². The molecular formula is C27H50N8O6. The van der Waals surface area contributed by atoms with Crippen LogP contribution in [0, 0.1) is 17.8 Å². The highest BCUT2D eigenvalue weighted by Crippen LogP contribution is 2.09. The maximum atomic E-state index is 13.1. The van der Waals surface area contributed by atoms with Crippen LogP contribution in [0.25, 0.3) is 0 Å². The molecule has 0 aliphatic carbocycles. The van der Waals surface area contributed by atoms with E-state index in [1.165, 1.54) is 20.8 Å². The van der Waals surface area contributed by atoms with Crippen LogP contribution in [0.5, 0.6) is 0 Å². The fraction of sp³-hybridized carbons (Fsp3) is 0.778. The Balaban J connectivity index is 3.32. The third-order valence-corrected chi connectivity index (χ3v) is 6.39. The second-order valence-electron chi connectivity index (χ2n) is 12.0. The van der Waals surface area contributed by atoms with E-state index in [-0.39, 0.29) is 24.2 Å². The van der Waals surface area contributed by atoms with Gasteiger partial charge in [-0.2, -0.15) is 5.53 Å². The van der Waals surface area contributed by atoms with E-state index in [1.54, 1.807) is 0 Å². The molecule has 1 saturated heterocycles. The second-order valence-corrected chi connectivity index (χ2v) is 12.0. The Kier molecular flexibility index (Phi) is 14.7. The van der Waals surface area contributed by atoms with Crippen molar-refractivity contribution in [3.8, 4) is 0 Å². The van der Waals surface area contributed by atoms with Gasteiger partial charge in [-0.15, -0.1) is 0 Å². The molecule has 3 unspecified atom stereocenters. The van der Waals surface area contributed by atoms with E-state index >= 15 is 0 Å². The molecule has 0 saturated carbocycles. The Labute approximate surface area is 243 Å². The summed E-state index contributed by atoms with van der Waals surface area (Å²) in [6.45, 7) is 15.9. The van der Waals surface area contributed by atoms with Gasteiger partial charge in [0.1, 0.15) is 30.2 Å². The number of hydrazine groups is 2. The molecule has 0 radical (unpaired) electrons. The molecule has 0 aromatic rings. The lowest BCUT2D eigenvalue weighted by Gasteiger charge is -2.27. The van der Waals surface area contributed by atoms with Gasteiger partial charge in [0.2, 0.25) is 29.5 Å². The van der Waals surface area contributed by atoms with Crippen molar-refractivity contribution < 1.29 is 28.8 Å². The number of hydrogen-bond acceptors (Lipinski definition) is 8. The van der Waals surface area contributed by atoms with Gasteiger partial charge in [0.15, 0.2) is 0 Å². The van der Waals surface area contributed by atoms with Gasteiger partial charge in [-0.25, -0.2) is 5.43 Å². The van der Waals surface area contributed by atoms with Crippen molar-refractivity contribution in [1.82, 2.24) is 43.0 Å². The Morgan fingerprint density at radius 3 is 1.12 bits per heavy atom. The average molecular weight is 583 g/mol. The molecule has 0 aromatic carbocycles. The lowest BCUT2D eigenvalue weighted by atomic mass is 10.0. The molecule has 1 aliphatic rings. The fourth-order valence-electron chi connectivity index (χ4n) is 4.12. The van der Waals surface area contributed by atoms with Gasteiger partial charge in [0.25, 0.3) is 5.91 Å². The van der Waals surface area contributed by atoms with Gasteiger partial charge in [0, 0.05) is 0 Å². The van der Waals surface area contributed by atoms with Gasteiger partial charge in [-0.3, -0.25) is 34.2 Å². The molecule has 234 valence electrons. The minimum atomic E-state index is -1.01. The van der Waals surface area contributed by atoms with Crippen LogP contribution in [0.3, 0.4) is 0 Å². The monoisotopic (exact) mass is 582 g/mol. The van der Waals surface area contributed by atoms with Crippen LogP contribution < -0.4 is 43.0 Å². The molecule has 0 aromatic heterocycles. The number of carbonyl (C=O) groups is 6. The van der Waals surface area contributed by atoms with Crippen molar-refractivity contribution in [2.45, 2.75) is 118 Å². The predicted octanol–water partition coefficient (Wildman–Crippen LogP) is -0.884. The summed E-state index contributed by atoms with van der Waals surface area (Å²) in [7, 11) is 0. The third kappa shape index (κ3) is 12.9. The van der Waals surface area contributed by atoms with Crippen LogP contribution in [-0.2, 0) is 28.8 Å². The minimum absolute atomic E-state index is 0.0264. The SMILES string of the molecule is CC(C)CC1NC(=O)[C@H](C)NNNC(=O)C(CC(C)C)NC(=O)[C@H](C)NC(=O)C(CC(C)C)NC(=O)[C@H](C)NC1=O. The zero-order valence-corrected chi connectivity index (χ0v) is 25.8. The van der Waals surface area contributed by atoms with Crippen molar-refractivity contribution in [3.63, 3.8) is 0 Å². The Morgan fingerprint density at radius 2 is 0.780 bits per heavy atom. The van der Waals surface area contributed by atoms with Crippen molar-refractivity contribution in [3.05, 3.63) is 0 Å². The summed E-state index contributed by atoms with van der Waals surface area (Å²) in [4.78, 5) is 77.9. The Morgan fingerprint density at radius 1 is 0.463 bits per heavy atom. The largest absolute Gasteiger partial charge is 0.343 e. The molecule has 1 rings (SSSR count). The zero-order chi connectivity index (χ0) is 31.4. The first kappa shape index (κ1) is 35.8. The molecule has 8 N–H and O–H groups in total. The van der Waals surface area contributed by atoms with Crippen molar-refractivity contribution in [2.24, 2.45) is 17.8 Å². The van der Waals surface area contributed by atoms with E-state index < -0.39 is 71.7 Å². The minimum Gasteiger partial charge on any atom is -0.343 e. The van der Waals surface area contributed by atoms with Crippen molar-refractivity contribution >= 4 is 35.4 Å². The summed E-state index contributed by atoms with van der Waals surface area (Å²) in [6, 6.07) is -5.72. The molecule has 0 bridgehead atoms. The molecule has 14 nitrogen and oxygen atoms in total. The van der Waals surface area contributed by atoms with Crippen LogP contribution >= 0.6 is 0 Å². The van der Waals surface area contributed by atoms with E-state index in [0.717, 1.165) is 0 Å². The number of rotatable bonds is 6. The summed E-state index contributed by atoms with van der Waals surface area (Å²) in [6.07, 6.45) is 0.912. The highest BCUT2D eigenvalue weighted by molar-refractivity contribution is 5.96. The van der Waals surface area contributed by atoms with Crippen LogP contribution in [0.2, 0.25) is 0 Å². The second kappa shape index (κ2) is 16.9. The summed E-state index contributed by atoms with van der Waals surface area (Å²) in [5.74, 6) is -3.25. The van der Waals surface area contributed by atoms with E-state index in [1.807, 2.05) is 41.5 Å². The zero-order valence-electron chi connectivity index (χ0n) is 25.8. The molecule has 1 aliphatic heterocycles. The highest BCUT2D eigenvalue weighted by Gasteiger charge is 2.31. The van der Waals surface area contributed by atoms with E-state index in [9.17, 15) is 28.8 Å². The number of amides is 6. The molecule has 14 heteroatoms. The lowest BCUT2D eigenvalue weighted by molar-refractivity contribution is -0.135. The van der Waals surface area contributed by atoms with Gasteiger partial charge in [-0.1, -0.05) is 41.5 Å². The number of hydrogen-bond donors (Lipinski definition) is 8. The summed E-state index contributed by atoms with van der Waals surface area (Å²) >= 11 is 0.